The van der Waals surface area contributed by atoms with Crippen LogP contribution in [0.3, 0.4) is 0 Å². The highest BCUT2D eigenvalue weighted by atomic mass is 32.1. The molecule has 152 valence electrons. The van der Waals surface area contributed by atoms with Crippen LogP contribution < -0.4 is 10.7 Å². The Hall–Kier alpha value is -3.00. The molecular weight excluding hydrogens is 390 g/mol. The molecular formula is C21H23N3O4S. The number of benzene rings is 1. The Morgan fingerprint density at radius 2 is 1.83 bits per heavy atom. The lowest BCUT2D eigenvalue weighted by molar-refractivity contribution is -0.136. The molecule has 0 saturated carbocycles. The summed E-state index contributed by atoms with van der Waals surface area (Å²) in [5.74, 6) is -2.25. The van der Waals surface area contributed by atoms with Crippen LogP contribution in [0.15, 0.2) is 35.4 Å². The highest BCUT2D eigenvalue weighted by Gasteiger charge is 2.28. The zero-order valence-electron chi connectivity index (χ0n) is 16.4. The fourth-order valence-corrected chi connectivity index (χ4v) is 4.43. The smallest absolute Gasteiger partial charge is 0.341 e. The monoisotopic (exact) mass is 413 g/mol. The van der Waals surface area contributed by atoms with Crippen molar-refractivity contribution in [3.05, 3.63) is 51.9 Å². The van der Waals surface area contributed by atoms with E-state index in [1.54, 1.807) is 13.8 Å². The van der Waals surface area contributed by atoms with Crippen molar-refractivity contribution in [2.75, 3.05) is 11.9 Å². The molecule has 1 aromatic heterocycles. The second-order valence-electron chi connectivity index (χ2n) is 6.59. The van der Waals surface area contributed by atoms with Gasteiger partial charge in [-0.25, -0.2) is 10.2 Å². The Balaban J connectivity index is 1.73. The van der Waals surface area contributed by atoms with Crippen molar-refractivity contribution in [2.24, 2.45) is 5.10 Å². The minimum atomic E-state index is -0.901. The van der Waals surface area contributed by atoms with Crippen molar-refractivity contribution in [3.8, 4) is 0 Å². The maximum absolute atomic E-state index is 12.4. The van der Waals surface area contributed by atoms with E-state index in [2.05, 4.69) is 15.8 Å². The molecule has 1 heterocycles. The number of carbonyl (C=O) groups is 3. The van der Waals surface area contributed by atoms with E-state index < -0.39 is 17.8 Å². The van der Waals surface area contributed by atoms with Crippen LogP contribution in [0, 0.1) is 0 Å². The lowest BCUT2D eigenvalue weighted by Gasteiger charge is -2.12. The molecule has 2 aromatic rings. The molecule has 0 unspecified atom stereocenters. The summed E-state index contributed by atoms with van der Waals surface area (Å²) in [7, 11) is 0. The standard InChI is InChI=1S/C21H23N3O4S/c1-3-28-21(27)17-15-11-7-8-12-16(15)29-20(17)22-18(25)19(26)24-23-13(2)14-9-5-4-6-10-14/h4-6,9-10H,3,7-8,11-12H2,1-2H3,(H,22,25)(H,24,26). The van der Waals surface area contributed by atoms with Gasteiger partial charge in [-0.1, -0.05) is 30.3 Å². The second kappa shape index (κ2) is 9.47. The number of esters is 1. The molecule has 0 fully saturated rings. The Morgan fingerprint density at radius 1 is 1.10 bits per heavy atom. The Kier molecular flexibility index (Phi) is 6.77. The molecule has 7 nitrogen and oxygen atoms in total. The Bertz CT molecular complexity index is 950. The second-order valence-corrected chi connectivity index (χ2v) is 7.70. The van der Waals surface area contributed by atoms with E-state index in [9.17, 15) is 14.4 Å². The summed E-state index contributed by atoms with van der Waals surface area (Å²) in [6.45, 7) is 3.71. The van der Waals surface area contributed by atoms with Crippen LogP contribution in [0.5, 0.6) is 0 Å². The SMILES string of the molecule is CCOC(=O)c1c(NC(=O)C(=O)NN=C(C)c2ccccc2)sc2c1CCCC2. The van der Waals surface area contributed by atoms with Crippen molar-refractivity contribution in [1.82, 2.24) is 5.43 Å². The number of hydrazone groups is 1. The van der Waals surface area contributed by atoms with Gasteiger partial charge in [-0.15, -0.1) is 11.3 Å². The molecule has 0 atom stereocenters. The lowest BCUT2D eigenvalue weighted by atomic mass is 9.95. The van der Waals surface area contributed by atoms with E-state index in [1.165, 1.54) is 11.3 Å². The molecule has 2 N–H and O–H groups in total. The van der Waals surface area contributed by atoms with Gasteiger partial charge in [0.15, 0.2) is 0 Å². The molecule has 0 saturated heterocycles. The van der Waals surface area contributed by atoms with E-state index in [-0.39, 0.29) is 6.61 Å². The molecule has 8 heteroatoms. The summed E-state index contributed by atoms with van der Waals surface area (Å²) in [5.41, 5.74) is 4.97. The van der Waals surface area contributed by atoms with Crippen molar-refractivity contribution < 1.29 is 19.1 Å². The largest absolute Gasteiger partial charge is 0.462 e. The fourth-order valence-electron chi connectivity index (χ4n) is 3.16. The molecule has 0 bridgehead atoms. The number of carbonyl (C=O) groups excluding carboxylic acids is 3. The predicted octanol–water partition coefficient (Wildman–Crippen LogP) is 3.28. The third-order valence-electron chi connectivity index (χ3n) is 4.60. The summed E-state index contributed by atoms with van der Waals surface area (Å²) in [4.78, 5) is 38.1. The van der Waals surface area contributed by atoms with Crippen molar-refractivity contribution in [1.29, 1.82) is 0 Å². The highest BCUT2D eigenvalue weighted by Crippen LogP contribution is 2.38. The number of ether oxygens (including phenoxy) is 1. The summed E-state index contributed by atoms with van der Waals surface area (Å²) in [5, 5.41) is 6.91. The van der Waals surface area contributed by atoms with Gasteiger partial charge in [-0.05, 0) is 50.7 Å². The summed E-state index contributed by atoms with van der Waals surface area (Å²) in [6, 6.07) is 9.31. The van der Waals surface area contributed by atoms with E-state index >= 15 is 0 Å². The molecule has 0 aliphatic heterocycles. The highest BCUT2D eigenvalue weighted by molar-refractivity contribution is 7.17. The zero-order chi connectivity index (χ0) is 20.8. The summed E-state index contributed by atoms with van der Waals surface area (Å²) >= 11 is 1.33. The van der Waals surface area contributed by atoms with Gasteiger partial charge in [-0.2, -0.15) is 5.10 Å². The first kappa shape index (κ1) is 20.7. The minimum Gasteiger partial charge on any atom is -0.462 e. The first-order chi connectivity index (χ1) is 14.0. The van der Waals surface area contributed by atoms with Crippen LogP contribution in [0.25, 0.3) is 0 Å². The molecule has 29 heavy (non-hydrogen) atoms. The first-order valence-corrected chi connectivity index (χ1v) is 10.4. The number of rotatable bonds is 5. The van der Waals surface area contributed by atoms with Gasteiger partial charge in [0.2, 0.25) is 0 Å². The van der Waals surface area contributed by atoms with Crippen LogP contribution in [-0.2, 0) is 27.2 Å². The van der Waals surface area contributed by atoms with E-state index in [1.807, 2.05) is 30.3 Å². The maximum Gasteiger partial charge on any atom is 0.341 e. The normalized spacial score (nSPS) is 13.4. The van der Waals surface area contributed by atoms with Crippen LogP contribution >= 0.6 is 11.3 Å². The molecule has 1 aliphatic carbocycles. The predicted molar refractivity (Wildman–Crippen MR) is 112 cm³/mol. The van der Waals surface area contributed by atoms with Gasteiger partial charge in [-0.3, -0.25) is 9.59 Å². The first-order valence-electron chi connectivity index (χ1n) is 9.54. The van der Waals surface area contributed by atoms with Gasteiger partial charge in [0.1, 0.15) is 5.00 Å². The van der Waals surface area contributed by atoms with Crippen LogP contribution in [0.1, 0.15) is 53.1 Å². The number of nitrogens with zero attached hydrogens (tertiary/aromatic N) is 1. The average Bonchev–Trinajstić information content (AvgIpc) is 3.10. The molecule has 2 amide bonds. The Labute approximate surface area is 173 Å². The number of anilines is 1. The molecule has 1 aliphatic rings. The molecule has 0 spiro atoms. The van der Waals surface area contributed by atoms with Gasteiger partial charge in [0.25, 0.3) is 0 Å². The minimum absolute atomic E-state index is 0.241. The summed E-state index contributed by atoms with van der Waals surface area (Å²) in [6.07, 6.45) is 3.65. The average molecular weight is 413 g/mol. The van der Waals surface area contributed by atoms with Gasteiger partial charge < -0.3 is 10.1 Å². The molecule has 3 rings (SSSR count). The van der Waals surface area contributed by atoms with E-state index in [0.29, 0.717) is 16.3 Å². The summed E-state index contributed by atoms with van der Waals surface area (Å²) < 4.78 is 5.16. The van der Waals surface area contributed by atoms with Crippen LogP contribution in [-0.4, -0.2) is 30.1 Å². The molecule has 0 radical (unpaired) electrons. The maximum atomic E-state index is 12.4. The van der Waals surface area contributed by atoms with Crippen LogP contribution in [0.4, 0.5) is 5.00 Å². The fraction of sp³-hybridized carbons (Fsp3) is 0.333. The van der Waals surface area contributed by atoms with Crippen molar-refractivity contribution in [2.45, 2.75) is 39.5 Å². The van der Waals surface area contributed by atoms with Crippen molar-refractivity contribution in [3.63, 3.8) is 0 Å². The van der Waals surface area contributed by atoms with Gasteiger partial charge in [0, 0.05) is 4.88 Å². The number of hydrogen-bond donors (Lipinski definition) is 2. The van der Waals surface area contributed by atoms with Gasteiger partial charge >= 0.3 is 17.8 Å². The molecule has 1 aromatic carbocycles. The van der Waals surface area contributed by atoms with E-state index in [0.717, 1.165) is 41.7 Å². The van der Waals surface area contributed by atoms with E-state index in [4.69, 9.17) is 4.74 Å². The number of nitrogens with one attached hydrogen (secondary N) is 2. The number of aryl methyl sites for hydroxylation is 1. The number of hydrogen-bond acceptors (Lipinski definition) is 6. The van der Waals surface area contributed by atoms with Crippen LogP contribution in [0.2, 0.25) is 0 Å². The zero-order valence-corrected chi connectivity index (χ0v) is 17.2. The quantitative estimate of drug-likeness (QED) is 0.340. The number of amides is 2. The third-order valence-corrected chi connectivity index (χ3v) is 5.81. The third kappa shape index (κ3) is 4.89. The lowest BCUT2D eigenvalue weighted by Crippen LogP contribution is -2.33. The van der Waals surface area contributed by atoms with Gasteiger partial charge in [0.05, 0.1) is 17.9 Å². The topological polar surface area (TPSA) is 96.9 Å². The van der Waals surface area contributed by atoms with Crippen molar-refractivity contribution >= 4 is 39.8 Å². The number of thiophene rings is 1. The number of fused-ring (bicyclic) bond motifs is 1. The Morgan fingerprint density at radius 3 is 2.55 bits per heavy atom.